The third-order valence-corrected chi connectivity index (χ3v) is 2.25. The van der Waals surface area contributed by atoms with Crippen LogP contribution in [0.2, 0.25) is 0 Å². The highest BCUT2D eigenvalue weighted by Crippen LogP contribution is 2.23. The summed E-state index contributed by atoms with van der Waals surface area (Å²) in [5.41, 5.74) is 0.709. The average Bonchev–Trinajstić information content (AvgIpc) is 2.26. The lowest BCUT2D eigenvalue weighted by atomic mass is 10.3. The first kappa shape index (κ1) is 12.8. The number of hydrogen-bond donors (Lipinski definition) is 1. The van der Waals surface area contributed by atoms with Crippen LogP contribution >= 0.6 is 11.6 Å². The first-order valence-corrected chi connectivity index (χ1v) is 5.83. The van der Waals surface area contributed by atoms with Crippen LogP contribution in [0, 0.1) is 0 Å². The number of para-hydroxylation sites is 2. The lowest BCUT2D eigenvalue weighted by molar-refractivity contribution is -0.114. The Bertz CT molecular complexity index is 342. The molecule has 0 saturated heterocycles. The van der Waals surface area contributed by atoms with Gasteiger partial charge in [0, 0.05) is 12.8 Å². The van der Waals surface area contributed by atoms with Crippen LogP contribution in [0.1, 0.15) is 19.8 Å². The van der Waals surface area contributed by atoms with Crippen LogP contribution in [0.25, 0.3) is 0 Å². The minimum Gasteiger partial charge on any atom is -0.491 e. The van der Waals surface area contributed by atoms with Gasteiger partial charge in [-0.25, -0.2) is 0 Å². The lowest BCUT2D eigenvalue weighted by Crippen LogP contribution is -2.08. The highest BCUT2D eigenvalue weighted by molar-refractivity contribution is 6.17. The molecule has 88 valence electrons. The van der Waals surface area contributed by atoms with E-state index in [0.29, 0.717) is 23.9 Å². The highest BCUT2D eigenvalue weighted by Gasteiger charge is 2.03. The van der Waals surface area contributed by atoms with Crippen LogP contribution in [-0.4, -0.2) is 18.4 Å². The largest absolute Gasteiger partial charge is 0.491 e. The summed E-state index contributed by atoms with van der Waals surface area (Å²) in [6.07, 6.45) is 1.85. The van der Waals surface area contributed by atoms with Crippen molar-refractivity contribution in [1.29, 1.82) is 0 Å². The van der Waals surface area contributed by atoms with Gasteiger partial charge in [0.1, 0.15) is 5.75 Å². The number of alkyl halides is 1. The van der Waals surface area contributed by atoms with Crippen LogP contribution in [0.5, 0.6) is 5.75 Å². The van der Waals surface area contributed by atoms with E-state index in [1.165, 1.54) is 6.92 Å². The van der Waals surface area contributed by atoms with Gasteiger partial charge in [-0.05, 0) is 25.0 Å². The Morgan fingerprint density at radius 3 is 2.81 bits per heavy atom. The summed E-state index contributed by atoms with van der Waals surface area (Å²) in [5.74, 6) is 1.25. The first-order chi connectivity index (χ1) is 7.74. The number of hydrogen-bond acceptors (Lipinski definition) is 2. The number of halogens is 1. The van der Waals surface area contributed by atoms with Crippen molar-refractivity contribution in [1.82, 2.24) is 0 Å². The molecule has 0 radical (unpaired) electrons. The molecule has 0 aromatic heterocycles. The van der Waals surface area contributed by atoms with Crippen molar-refractivity contribution in [3.8, 4) is 5.75 Å². The van der Waals surface area contributed by atoms with Gasteiger partial charge in [-0.1, -0.05) is 12.1 Å². The summed E-state index contributed by atoms with van der Waals surface area (Å²) >= 11 is 5.57. The number of anilines is 1. The summed E-state index contributed by atoms with van der Waals surface area (Å²) in [6.45, 7) is 2.09. The van der Waals surface area contributed by atoms with Gasteiger partial charge >= 0.3 is 0 Å². The Kier molecular flexibility index (Phi) is 5.72. The second kappa shape index (κ2) is 7.12. The van der Waals surface area contributed by atoms with Gasteiger partial charge in [-0.3, -0.25) is 4.79 Å². The van der Waals surface area contributed by atoms with Crippen LogP contribution < -0.4 is 10.1 Å². The molecule has 0 saturated carbocycles. The lowest BCUT2D eigenvalue weighted by Gasteiger charge is -2.11. The zero-order valence-corrected chi connectivity index (χ0v) is 10.1. The van der Waals surface area contributed by atoms with E-state index in [-0.39, 0.29) is 5.91 Å². The third-order valence-electron chi connectivity index (χ3n) is 1.98. The fourth-order valence-electron chi connectivity index (χ4n) is 1.26. The van der Waals surface area contributed by atoms with Crippen molar-refractivity contribution < 1.29 is 9.53 Å². The molecule has 1 aromatic carbocycles. The average molecular weight is 242 g/mol. The number of unbranched alkanes of at least 4 members (excludes halogenated alkanes) is 1. The molecule has 0 fully saturated rings. The summed E-state index contributed by atoms with van der Waals surface area (Å²) < 4.78 is 5.57. The third kappa shape index (κ3) is 4.53. The molecule has 3 nitrogen and oxygen atoms in total. The maximum atomic E-state index is 11.0. The Labute approximate surface area is 101 Å². The summed E-state index contributed by atoms with van der Waals surface area (Å²) in [7, 11) is 0. The maximum Gasteiger partial charge on any atom is 0.221 e. The van der Waals surface area contributed by atoms with Crippen molar-refractivity contribution in [3.05, 3.63) is 24.3 Å². The van der Waals surface area contributed by atoms with E-state index in [0.717, 1.165) is 12.8 Å². The van der Waals surface area contributed by atoms with E-state index in [9.17, 15) is 4.79 Å². The molecule has 1 N–H and O–H groups in total. The molecule has 4 heteroatoms. The van der Waals surface area contributed by atoms with E-state index in [4.69, 9.17) is 16.3 Å². The van der Waals surface area contributed by atoms with Gasteiger partial charge in [0.25, 0.3) is 0 Å². The van der Waals surface area contributed by atoms with Crippen molar-refractivity contribution >= 4 is 23.2 Å². The quantitative estimate of drug-likeness (QED) is 0.614. The zero-order chi connectivity index (χ0) is 11.8. The highest BCUT2D eigenvalue weighted by atomic mass is 35.5. The minimum atomic E-state index is -0.100. The van der Waals surface area contributed by atoms with Gasteiger partial charge in [-0.2, -0.15) is 0 Å². The minimum absolute atomic E-state index is 0.100. The van der Waals surface area contributed by atoms with Crippen LogP contribution in [0.4, 0.5) is 5.69 Å². The van der Waals surface area contributed by atoms with E-state index in [2.05, 4.69) is 5.32 Å². The monoisotopic (exact) mass is 241 g/mol. The molecule has 1 aromatic rings. The zero-order valence-electron chi connectivity index (χ0n) is 9.33. The Morgan fingerprint density at radius 1 is 1.38 bits per heavy atom. The number of nitrogens with one attached hydrogen (secondary N) is 1. The molecule has 0 atom stereocenters. The van der Waals surface area contributed by atoms with Crippen molar-refractivity contribution in [2.75, 3.05) is 17.8 Å². The molecular weight excluding hydrogens is 226 g/mol. The van der Waals surface area contributed by atoms with Crippen molar-refractivity contribution in [2.24, 2.45) is 0 Å². The molecule has 1 amide bonds. The SMILES string of the molecule is CC(=O)Nc1ccccc1OCCCCCl. The number of rotatable bonds is 6. The van der Waals surface area contributed by atoms with Crippen LogP contribution in [0.15, 0.2) is 24.3 Å². The number of ether oxygens (including phenoxy) is 1. The van der Waals surface area contributed by atoms with E-state index in [1.54, 1.807) is 0 Å². The second-order valence-electron chi connectivity index (χ2n) is 3.42. The Hall–Kier alpha value is -1.22. The van der Waals surface area contributed by atoms with Gasteiger partial charge in [0.2, 0.25) is 5.91 Å². The fraction of sp³-hybridized carbons (Fsp3) is 0.417. The molecule has 0 heterocycles. The van der Waals surface area contributed by atoms with Crippen LogP contribution in [0.3, 0.4) is 0 Å². The second-order valence-corrected chi connectivity index (χ2v) is 3.80. The summed E-state index contributed by atoms with van der Waals surface area (Å²) in [6, 6.07) is 7.39. The summed E-state index contributed by atoms with van der Waals surface area (Å²) in [4.78, 5) is 11.0. The Balaban J connectivity index is 2.53. The summed E-state index contributed by atoms with van der Waals surface area (Å²) in [5, 5.41) is 2.72. The number of benzene rings is 1. The normalized spacial score (nSPS) is 9.88. The molecular formula is C12H16ClNO2. The van der Waals surface area contributed by atoms with E-state index < -0.39 is 0 Å². The Morgan fingerprint density at radius 2 is 2.12 bits per heavy atom. The predicted octanol–water partition coefficient (Wildman–Crippen LogP) is 3.04. The van der Waals surface area contributed by atoms with Gasteiger partial charge < -0.3 is 10.1 Å². The van der Waals surface area contributed by atoms with Gasteiger partial charge in [0.05, 0.1) is 12.3 Å². The van der Waals surface area contributed by atoms with Crippen molar-refractivity contribution in [3.63, 3.8) is 0 Å². The fourth-order valence-corrected chi connectivity index (χ4v) is 1.45. The smallest absolute Gasteiger partial charge is 0.221 e. The van der Waals surface area contributed by atoms with Gasteiger partial charge in [0.15, 0.2) is 0 Å². The molecule has 0 aliphatic heterocycles. The first-order valence-electron chi connectivity index (χ1n) is 5.29. The number of carbonyl (C=O) groups is 1. The van der Waals surface area contributed by atoms with E-state index >= 15 is 0 Å². The van der Waals surface area contributed by atoms with E-state index in [1.807, 2.05) is 24.3 Å². The van der Waals surface area contributed by atoms with Gasteiger partial charge in [-0.15, -0.1) is 11.6 Å². The molecule has 0 aliphatic carbocycles. The topological polar surface area (TPSA) is 38.3 Å². The molecule has 0 spiro atoms. The molecule has 0 aliphatic rings. The molecule has 0 bridgehead atoms. The molecule has 16 heavy (non-hydrogen) atoms. The van der Waals surface area contributed by atoms with Crippen molar-refractivity contribution in [2.45, 2.75) is 19.8 Å². The maximum absolute atomic E-state index is 11.0. The number of carbonyl (C=O) groups excluding carboxylic acids is 1. The molecule has 1 rings (SSSR count). The predicted molar refractivity (Wildman–Crippen MR) is 66.2 cm³/mol. The standard InChI is InChI=1S/C12H16ClNO2/c1-10(15)14-11-6-2-3-7-12(11)16-9-5-4-8-13/h2-3,6-7H,4-5,8-9H2,1H3,(H,14,15). The van der Waals surface area contributed by atoms with Crippen LogP contribution in [-0.2, 0) is 4.79 Å². The number of amides is 1. The molecule has 0 unspecified atom stereocenters.